The molecule has 1 saturated carbocycles. The van der Waals surface area contributed by atoms with Crippen LogP contribution in [0.5, 0.6) is 0 Å². The molecule has 1 aromatic carbocycles. The quantitative estimate of drug-likeness (QED) is 0.853. The molecule has 2 aromatic rings. The van der Waals surface area contributed by atoms with E-state index in [0.29, 0.717) is 0 Å². The summed E-state index contributed by atoms with van der Waals surface area (Å²) in [4.78, 5) is 19.1. The third-order valence-electron chi connectivity index (χ3n) is 3.84. The van der Waals surface area contributed by atoms with E-state index in [9.17, 15) is 9.90 Å². The van der Waals surface area contributed by atoms with Crippen molar-refractivity contribution in [1.82, 2.24) is 9.97 Å². The predicted molar refractivity (Wildman–Crippen MR) is 68.4 cm³/mol. The number of hydrogen-bond donors (Lipinski definition) is 2. The zero-order chi connectivity index (χ0) is 12.5. The molecule has 1 aliphatic carbocycles. The van der Waals surface area contributed by atoms with Crippen LogP contribution in [-0.2, 0) is 4.79 Å². The fraction of sp³-hybridized carbons (Fsp3) is 0.429. The van der Waals surface area contributed by atoms with E-state index in [1.54, 1.807) is 0 Å². The Morgan fingerprint density at radius 3 is 2.83 bits per heavy atom. The predicted octanol–water partition coefficient (Wildman–Crippen LogP) is 2.92. The second kappa shape index (κ2) is 4.44. The first kappa shape index (κ1) is 11.3. The number of rotatable bonds is 2. The summed E-state index contributed by atoms with van der Waals surface area (Å²) in [5.74, 6) is -0.119. The summed E-state index contributed by atoms with van der Waals surface area (Å²) < 4.78 is 0. The maximum Gasteiger partial charge on any atom is 0.307 e. The SMILES string of the molecule is O=C(O)[C@@H]1CCCC[C@H]1c1nc2ccccc2[nH]1. The molecule has 0 unspecified atom stereocenters. The maximum atomic E-state index is 11.3. The van der Waals surface area contributed by atoms with Crippen LogP contribution in [0, 0.1) is 5.92 Å². The van der Waals surface area contributed by atoms with Crippen LogP contribution in [0.1, 0.15) is 37.4 Å². The van der Waals surface area contributed by atoms with Gasteiger partial charge in [0.2, 0.25) is 0 Å². The number of aromatic nitrogens is 2. The number of H-pyrrole nitrogens is 1. The number of hydrogen-bond acceptors (Lipinski definition) is 2. The molecule has 1 aromatic heterocycles. The van der Waals surface area contributed by atoms with Gasteiger partial charge < -0.3 is 10.1 Å². The lowest BCUT2D eigenvalue weighted by molar-refractivity contribution is -0.143. The Hall–Kier alpha value is -1.84. The molecule has 1 aliphatic rings. The van der Waals surface area contributed by atoms with E-state index >= 15 is 0 Å². The minimum atomic E-state index is -0.694. The smallest absolute Gasteiger partial charge is 0.307 e. The van der Waals surface area contributed by atoms with Crippen molar-refractivity contribution in [3.63, 3.8) is 0 Å². The van der Waals surface area contributed by atoms with Crippen molar-refractivity contribution in [2.75, 3.05) is 0 Å². The zero-order valence-electron chi connectivity index (χ0n) is 10.1. The van der Waals surface area contributed by atoms with Gasteiger partial charge in [-0.25, -0.2) is 4.98 Å². The molecule has 0 saturated heterocycles. The number of para-hydroxylation sites is 2. The third kappa shape index (κ3) is 1.88. The van der Waals surface area contributed by atoms with E-state index < -0.39 is 5.97 Å². The molecule has 2 N–H and O–H groups in total. The molecule has 4 heteroatoms. The number of fused-ring (bicyclic) bond motifs is 1. The van der Waals surface area contributed by atoms with Gasteiger partial charge in [-0.15, -0.1) is 0 Å². The Kier molecular flexibility index (Phi) is 2.78. The summed E-state index contributed by atoms with van der Waals surface area (Å²) >= 11 is 0. The summed E-state index contributed by atoms with van der Waals surface area (Å²) in [6.07, 6.45) is 3.77. The Morgan fingerprint density at radius 1 is 1.28 bits per heavy atom. The first-order valence-electron chi connectivity index (χ1n) is 6.43. The number of carboxylic acids is 1. The number of aliphatic carboxylic acids is 1. The van der Waals surface area contributed by atoms with Gasteiger partial charge in [-0.05, 0) is 25.0 Å². The number of carbonyl (C=O) groups is 1. The third-order valence-corrected chi connectivity index (χ3v) is 3.84. The molecule has 3 rings (SSSR count). The fourth-order valence-corrected chi connectivity index (χ4v) is 2.90. The van der Waals surface area contributed by atoms with Gasteiger partial charge in [-0.1, -0.05) is 25.0 Å². The largest absolute Gasteiger partial charge is 0.481 e. The van der Waals surface area contributed by atoms with Crippen LogP contribution in [0.4, 0.5) is 0 Å². The highest BCUT2D eigenvalue weighted by Crippen LogP contribution is 2.37. The molecule has 94 valence electrons. The minimum absolute atomic E-state index is 0.0312. The normalized spacial score (nSPS) is 24.2. The van der Waals surface area contributed by atoms with Gasteiger partial charge in [0.05, 0.1) is 17.0 Å². The van der Waals surface area contributed by atoms with Gasteiger partial charge in [0, 0.05) is 5.92 Å². The summed E-state index contributed by atoms with van der Waals surface area (Å²) in [6, 6.07) is 7.83. The Labute approximate surface area is 105 Å². The average Bonchev–Trinajstić information content (AvgIpc) is 2.82. The molecule has 0 bridgehead atoms. The highest BCUT2D eigenvalue weighted by atomic mass is 16.4. The van der Waals surface area contributed by atoms with Crippen LogP contribution in [0.15, 0.2) is 24.3 Å². The van der Waals surface area contributed by atoms with Crippen LogP contribution in [-0.4, -0.2) is 21.0 Å². The summed E-state index contributed by atoms with van der Waals surface area (Å²) in [5, 5.41) is 9.30. The lowest BCUT2D eigenvalue weighted by Gasteiger charge is -2.26. The molecular weight excluding hydrogens is 228 g/mol. The van der Waals surface area contributed by atoms with Crippen LogP contribution in [0.2, 0.25) is 0 Å². The maximum absolute atomic E-state index is 11.3. The lowest BCUT2D eigenvalue weighted by atomic mass is 9.79. The van der Waals surface area contributed by atoms with Crippen molar-refractivity contribution in [2.24, 2.45) is 5.92 Å². The zero-order valence-corrected chi connectivity index (χ0v) is 10.1. The number of aromatic amines is 1. The standard InChI is InChI=1S/C14H16N2O2/c17-14(18)10-6-2-1-5-9(10)13-15-11-7-3-4-8-12(11)16-13/h3-4,7-10H,1-2,5-6H2,(H,15,16)(H,17,18)/t9-,10-/m1/s1. The second-order valence-electron chi connectivity index (χ2n) is 4.97. The Balaban J connectivity index is 1.98. The van der Waals surface area contributed by atoms with E-state index in [1.165, 1.54) is 0 Å². The molecule has 0 amide bonds. The van der Waals surface area contributed by atoms with Gasteiger partial charge in [-0.2, -0.15) is 0 Å². The van der Waals surface area contributed by atoms with Crippen LogP contribution < -0.4 is 0 Å². The highest BCUT2D eigenvalue weighted by Gasteiger charge is 2.33. The van der Waals surface area contributed by atoms with Crippen molar-refractivity contribution in [2.45, 2.75) is 31.6 Å². The Morgan fingerprint density at radius 2 is 2.06 bits per heavy atom. The number of nitrogens with zero attached hydrogens (tertiary/aromatic N) is 1. The molecule has 4 nitrogen and oxygen atoms in total. The van der Waals surface area contributed by atoms with Crippen molar-refractivity contribution < 1.29 is 9.90 Å². The van der Waals surface area contributed by atoms with Crippen LogP contribution in [0.25, 0.3) is 11.0 Å². The number of benzene rings is 1. The topological polar surface area (TPSA) is 66.0 Å². The van der Waals surface area contributed by atoms with Gasteiger partial charge in [-0.3, -0.25) is 4.79 Å². The lowest BCUT2D eigenvalue weighted by Crippen LogP contribution is -2.26. The molecule has 2 atom stereocenters. The average molecular weight is 244 g/mol. The van der Waals surface area contributed by atoms with Crippen molar-refractivity contribution in [3.8, 4) is 0 Å². The molecule has 1 heterocycles. The van der Waals surface area contributed by atoms with Gasteiger partial charge in [0.1, 0.15) is 5.82 Å². The van der Waals surface area contributed by atoms with Gasteiger partial charge >= 0.3 is 5.97 Å². The molecule has 0 aliphatic heterocycles. The first-order chi connectivity index (χ1) is 8.75. The van der Waals surface area contributed by atoms with Crippen LogP contribution >= 0.6 is 0 Å². The van der Waals surface area contributed by atoms with E-state index in [2.05, 4.69) is 9.97 Å². The Bertz CT molecular complexity index is 543. The summed E-state index contributed by atoms with van der Waals surface area (Å²) in [5.41, 5.74) is 1.91. The molecule has 1 fully saturated rings. The summed E-state index contributed by atoms with van der Waals surface area (Å²) in [6.45, 7) is 0. The van der Waals surface area contributed by atoms with E-state index in [-0.39, 0.29) is 11.8 Å². The van der Waals surface area contributed by atoms with E-state index in [1.807, 2.05) is 24.3 Å². The number of nitrogens with one attached hydrogen (secondary N) is 1. The van der Waals surface area contributed by atoms with Gasteiger partial charge in [0.25, 0.3) is 0 Å². The number of imidazole rings is 1. The molecule has 0 radical (unpaired) electrons. The number of carboxylic acid groups (broad SMARTS) is 1. The second-order valence-corrected chi connectivity index (χ2v) is 4.97. The van der Waals surface area contributed by atoms with Crippen LogP contribution in [0.3, 0.4) is 0 Å². The fourth-order valence-electron chi connectivity index (χ4n) is 2.90. The highest BCUT2D eigenvalue weighted by molar-refractivity contribution is 5.76. The van der Waals surface area contributed by atoms with Crippen molar-refractivity contribution >= 4 is 17.0 Å². The molecule has 18 heavy (non-hydrogen) atoms. The van der Waals surface area contributed by atoms with E-state index in [4.69, 9.17) is 0 Å². The van der Waals surface area contributed by atoms with Gasteiger partial charge in [0.15, 0.2) is 0 Å². The van der Waals surface area contributed by atoms with Crippen molar-refractivity contribution in [1.29, 1.82) is 0 Å². The first-order valence-corrected chi connectivity index (χ1v) is 6.43. The van der Waals surface area contributed by atoms with Crippen molar-refractivity contribution in [3.05, 3.63) is 30.1 Å². The minimum Gasteiger partial charge on any atom is -0.481 e. The molecular formula is C14H16N2O2. The monoisotopic (exact) mass is 244 g/mol. The van der Waals surface area contributed by atoms with E-state index in [0.717, 1.165) is 42.5 Å². The summed E-state index contributed by atoms with van der Waals surface area (Å²) in [7, 11) is 0. The molecule has 0 spiro atoms.